The number of likely N-dealkylation sites (N-methyl/N-ethyl adjacent to an activating group) is 1. The van der Waals surface area contributed by atoms with E-state index in [1.807, 2.05) is 26.8 Å². The molecule has 4 heterocycles. The van der Waals surface area contributed by atoms with Crippen LogP contribution in [0, 0.1) is 5.41 Å². The molecule has 1 aromatic carbocycles. The maximum absolute atomic E-state index is 13.4. The molecule has 39 heavy (non-hydrogen) atoms. The minimum Gasteiger partial charge on any atom is -0.351 e. The molecule has 0 saturated carbocycles. The van der Waals surface area contributed by atoms with Crippen LogP contribution in [0.1, 0.15) is 64.5 Å². The van der Waals surface area contributed by atoms with E-state index in [-0.39, 0.29) is 29.2 Å². The van der Waals surface area contributed by atoms with E-state index in [1.54, 1.807) is 23.1 Å². The fourth-order valence-electron chi connectivity index (χ4n) is 5.19. The van der Waals surface area contributed by atoms with Crippen molar-refractivity contribution in [3.8, 4) is 0 Å². The first-order valence-corrected chi connectivity index (χ1v) is 14.5. The zero-order chi connectivity index (χ0) is 27.9. The van der Waals surface area contributed by atoms with Gasteiger partial charge in [-0.2, -0.15) is 0 Å². The van der Waals surface area contributed by atoms with E-state index in [2.05, 4.69) is 32.5 Å². The second kappa shape index (κ2) is 10.9. The predicted octanol–water partition coefficient (Wildman–Crippen LogP) is 3.83. The Bertz CT molecular complexity index is 1410. The lowest BCUT2D eigenvalue weighted by Gasteiger charge is -2.39. The van der Waals surface area contributed by atoms with Crippen molar-refractivity contribution in [2.24, 2.45) is 5.41 Å². The lowest BCUT2D eigenvalue weighted by Crippen LogP contribution is -2.61. The summed E-state index contributed by atoms with van der Waals surface area (Å²) in [6.07, 6.45) is 1.76. The molecule has 3 N–H and O–H groups in total. The first-order valence-electron chi connectivity index (χ1n) is 13.3. The van der Waals surface area contributed by atoms with Crippen molar-refractivity contribution in [1.82, 2.24) is 30.4 Å². The minimum absolute atomic E-state index is 0.0479. The average Bonchev–Trinajstić information content (AvgIpc) is 3.47. The summed E-state index contributed by atoms with van der Waals surface area (Å²) < 4.78 is 0. The number of halogens is 1. The standard InChI is InChI=1S/C28H35ClN6O3S/c1-28(2,3)13-24(36)35-10-8-19(31-25(37)21-12-16-11-17(29)5-6-18(16)30-21)22(14-35)32-26(38)27-33-20-7-9-34(4)15-23(20)39-27/h5-6,11-12,19,22,30H,7-10,13-15H2,1-4H3,(H,31,37)(H,32,38)/t19-,22+/m0/s1. The molecule has 1 saturated heterocycles. The Balaban J connectivity index is 1.33. The zero-order valence-electron chi connectivity index (χ0n) is 22.8. The van der Waals surface area contributed by atoms with Crippen LogP contribution < -0.4 is 10.6 Å². The van der Waals surface area contributed by atoms with E-state index in [0.29, 0.717) is 41.7 Å². The topological polar surface area (TPSA) is 110 Å². The number of hydrogen-bond donors (Lipinski definition) is 3. The summed E-state index contributed by atoms with van der Waals surface area (Å²) in [6, 6.07) is 6.37. The molecule has 2 aromatic heterocycles. The number of aromatic amines is 1. The van der Waals surface area contributed by atoms with Gasteiger partial charge in [0.05, 0.1) is 17.8 Å². The summed E-state index contributed by atoms with van der Waals surface area (Å²) in [6.45, 7) is 8.63. The van der Waals surface area contributed by atoms with E-state index >= 15 is 0 Å². The summed E-state index contributed by atoms with van der Waals surface area (Å²) in [5.41, 5.74) is 2.07. The smallest absolute Gasteiger partial charge is 0.280 e. The fraction of sp³-hybridized carbons (Fsp3) is 0.500. The molecule has 2 atom stereocenters. The number of rotatable bonds is 5. The molecule has 208 valence electrons. The van der Waals surface area contributed by atoms with Crippen molar-refractivity contribution in [3.63, 3.8) is 0 Å². The van der Waals surface area contributed by atoms with Crippen molar-refractivity contribution in [3.05, 3.63) is 50.6 Å². The first-order chi connectivity index (χ1) is 18.4. The Hall–Kier alpha value is -2.95. The van der Waals surface area contributed by atoms with Crippen molar-refractivity contribution in [2.75, 3.05) is 26.7 Å². The molecule has 3 aromatic rings. The number of hydrogen-bond acceptors (Lipinski definition) is 6. The van der Waals surface area contributed by atoms with Crippen LogP contribution >= 0.6 is 22.9 Å². The number of piperidine rings is 1. The van der Waals surface area contributed by atoms with Crippen LogP contribution in [0.15, 0.2) is 24.3 Å². The van der Waals surface area contributed by atoms with Crippen molar-refractivity contribution in [1.29, 1.82) is 0 Å². The van der Waals surface area contributed by atoms with Crippen LogP contribution in [0.2, 0.25) is 5.02 Å². The number of aromatic nitrogens is 2. The van der Waals surface area contributed by atoms with Crippen LogP contribution in [0.3, 0.4) is 0 Å². The van der Waals surface area contributed by atoms with Crippen molar-refractivity contribution >= 4 is 51.6 Å². The van der Waals surface area contributed by atoms with E-state index in [1.165, 1.54) is 11.3 Å². The number of nitrogens with zero attached hydrogens (tertiary/aromatic N) is 3. The Morgan fingerprint density at radius 2 is 1.90 bits per heavy atom. The minimum atomic E-state index is -0.457. The quantitative estimate of drug-likeness (QED) is 0.432. The molecule has 2 aliphatic heterocycles. The molecular formula is C28H35ClN6O3S. The largest absolute Gasteiger partial charge is 0.351 e. The highest BCUT2D eigenvalue weighted by Gasteiger charge is 2.35. The highest BCUT2D eigenvalue weighted by molar-refractivity contribution is 7.13. The molecule has 0 radical (unpaired) electrons. The van der Waals surface area contributed by atoms with E-state index in [4.69, 9.17) is 11.6 Å². The summed E-state index contributed by atoms with van der Waals surface area (Å²) in [7, 11) is 2.06. The third-order valence-electron chi connectivity index (χ3n) is 7.22. The maximum Gasteiger partial charge on any atom is 0.280 e. The Morgan fingerprint density at radius 1 is 1.13 bits per heavy atom. The number of carbonyl (C=O) groups is 3. The van der Waals surface area contributed by atoms with Crippen LogP contribution in [0.25, 0.3) is 10.9 Å². The first kappa shape index (κ1) is 27.6. The van der Waals surface area contributed by atoms with Gasteiger partial charge in [0, 0.05) is 59.8 Å². The Labute approximate surface area is 237 Å². The van der Waals surface area contributed by atoms with Gasteiger partial charge in [0.15, 0.2) is 5.01 Å². The second-order valence-corrected chi connectivity index (χ2v) is 13.3. The number of thiazole rings is 1. The number of H-pyrrole nitrogens is 1. The van der Waals surface area contributed by atoms with Crippen molar-refractivity contribution < 1.29 is 14.4 Å². The molecule has 0 unspecified atom stereocenters. The van der Waals surface area contributed by atoms with Gasteiger partial charge < -0.3 is 25.4 Å². The maximum atomic E-state index is 13.4. The number of benzene rings is 1. The molecule has 0 aliphatic carbocycles. The highest BCUT2D eigenvalue weighted by atomic mass is 35.5. The van der Waals surface area contributed by atoms with Gasteiger partial charge in [-0.25, -0.2) is 4.98 Å². The number of fused-ring (bicyclic) bond motifs is 2. The molecule has 0 bridgehead atoms. The van der Waals surface area contributed by atoms with Crippen LogP contribution in [0.4, 0.5) is 0 Å². The summed E-state index contributed by atoms with van der Waals surface area (Å²) in [5, 5.41) is 8.07. The zero-order valence-corrected chi connectivity index (χ0v) is 24.3. The van der Waals surface area contributed by atoms with Gasteiger partial charge in [0.25, 0.3) is 11.8 Å². The van der Waals surface area contributed by atoms with Crippen LogP contribution in [0.5, 0.6) is 0 Å². The van der Waals surface area contributed by atoms with Gasteiger partial charge in [-0.1, -0.05) is 32.4 Å². The molecular weight excluding hydrogens is 536 g/mol. The summed E-state index contributed by atoms with van der Waals surface area (Å²) >= 11 is 7.53. The number of amides is 3. The molecule has 2 aliphatic rings. The molecule has 9 nitrogen and oxygen atoms in total. The van der Waals surface area contributed by atoms with Crippen LogP contribution in [-0.4, -0.2) is 76.3 Å². The SMILES string of the molecule is CN1CCc2nc(C(=O)N[C@@H]3CN(C(=O)CC(C)(C)C)CC[C@@H]3NC(=O)c3cc4cc(Cl)ccc4[nH]3)sc2C1. The second-order valence-electron chi connectivity index (χ2n) is 11.8. The van der Waals surface area contributed by atoms with Gasteiger partial charge in [-0.05, 0) is 43.1 Å². The van der Waals surface area contributed by atoms with Gasteiger partial charge in [-0.3, -0.25) is 14.4 Å². The number of carbonyl (C=O) groups excluding carboxylic acids is 3. The molecule has 11 heteroatoms. The molecule has 5 rings (SSSR count). The number of nitrogens with one attached hydrogen (secondary N) is 3. The third kappa shape index (κ3) is 6.45. The van der Waals surface area contributed by atoms with Gasteiger partial charge in [-0.15, -0.1) is 11.3 Å². The summed E-state index contributed by atoms with van der Waals surface area (Å²) in [4.78, 5) is 52.5. The van der Waals surface area contributed by atoms with E-state index < -0.39 is 6.04 Å². The molecule has 3 amide bonds. The Kier molecular flexibility index (Phi) is 7.72. The van der Waals surface area contributed by atoms with Gasteiger partial charge in [0.1, 0.15) is 5.69 Å². The predicted molar refractivity (Wildman–Crippen MR) is 153 cm³/mol. The van der Waals surface area contributed by atoms with Crippen molar-refractivity contribution in [2.45, 2.75) is 58.7 Å². The van der Waals surface area contributed by atoms with Gasteiger partial charge >= 0.3 is 0 Å². The van der Waals surface area contributed by atoms with E-state index in [9.17, 15) is 14.4 Å². The highest BCUT2D eigenvalue weighted by Crippen LogP contribution is 2.26. The number of likely N-dealkylation sites (tertiary alicyclic amines) is 1. The molecule has 1 fully saturated rings. The average molecular weight is 571 g/mol. The lowest BCUT2D eigenvalue weighted by molar-refractivity contribution is -0.134. The monoisotopic (exact) mass is 570 g/mol. The Morgan fingerprint density at radius 3 is 2.67 bits per heavy atom. The third-order valence-corrected chi connectivity index (χ3v) is 8.54. The van der Waals surface area contributed by atoms with Crippen LogP contribution in [-0.2, 0) is 17.8 Å². The van der Waals surface area contributed by atoms with Gasteiger partial charge in [0.2, 0.25) is 5.91 Å². The lowest BCUT2D eigenvalue weighted by atomic mass is 9.90. The normalized spacial score (nSPS) is 20.1. The van der Waals surface area contributed by atoms with E-state index in [0.717, 1.165) is 41.0 Å². The fourth-order valence-corrected chi connectivity index (χ4v) is 6.46. The summed E-state index contributed by atoms with van der Waals surface area (Å²) in [5.74, 6) is -0.493. The molecule has 0 spiro atoms.